The fourth-order valence-corrected chi connectivity index (χ4v) is 4.09. The molecule has 0 atom stereocenters. The molecule has 2 amide bonds. The van der Waals surface area contributed by atoms with Crippen molar-refractivity contribution in [3.63, 3.8) is 0 Å². The Morgan fingerprint density at radius 2 is 1.79 bits per heavy atom. The van der Waals surface area contributed by atoms with Crippen molar-refractivity contribution in [3.05, 3.63) is 65.7 Å². The first-order chi connectivity index (χ1) is 13.6. The Hall–Kier alpha value is -2.31. The summed E-state index contributed by atoms with van der Waals surface area (Å²) in [6.45, 7) is 6.52. The smallest absolute Gasteiger partial charge is 0.234 e. The summed E-state index contributed by atoms with van der Waals surface area (Å²) >= 11 is 1.38. The topological polar surface area (TPSA) is 53.9 Å². The molecule has 0 unspecified atom stereocenters. The quantitative estimate of drug-likeness (QED) is 0.745. The zero-order valence-corrected chi connectivity index (χ0v) is 17.1. The molecule has 0 radical (unpaired) electrons. The molecule has 5 nitrogen and oxygen atoms in total. The van der Waals surface area contributed by atoms with Crippen LogP contribution in [0.15, 0.2) is 54.6 Å². The van der Waals surface area contributed by atoms with E-state index in [0.717, 1.165) is 44.0 Å². The van der Waals surface area contributed by atoms with Gasteiger partial charge in [0.25, 0.3) is 0 Å². The Morgan fingerprint density at radius 1 is 1.04 bits per heavy atom. The number of hydrogen-bond donors (Lipinski definition) is 2. The third-order valence-corrected chi connectivity index (χ3v) is 5.80. The summed E-state index contributed by atoms with van der Waals surface area (Å²) < 4.78 is 0. The van der Waals surface area contributed by atoms with Gasteiger partial charge in [-0.1, -0.05) is 42.5 Å². The standard InChI is InChI=1S/C22H27N3O2S/c1-18-6-5-9-20(14-18)23-21(26)16-28-17-22(27)25-12-10-24(11-13-25)15-19-7-3-2-4-8-19/h2-9,14H,10-13,15-17H2,1H3,(H,23,26)/p+1. The molecule has 0 aliphatic carbocycles. The van der Waals surface area contributed by atoms with Crippen LogP contribution in [0.4, 0.5) is 5.69 Å². The minimum Gasteiger partial charge on any atom is -0.331 e. The molecule has 6 heteroatoms. The molecule has 2 aromatic carbocycles. The number of hydrogen-bond acceptors (Lipinski definition) is 3. The highest BCUT2D eigenvalue weighted by molar-refractivity contribution is 8.00. The number of anilines is 1. The van der Waals surface area contributed by atoms with Gasteiger partial charge in [-0.25, -0.2) is 0 Å². The Kier molecular flexibility index (Phi) is 7.51. The predicted molar refractivity (Wildman–Crippen MR) is 115 cm³/mol. The van der Waals surface area contributed by atoms with E-state index in [2.05, 4.69) is 29.6 Å². The number of thioether (sulfide) groups is 1. The SMILES string of the molecule is Cc1cccc(NC(=O)CSCC(=O)N2CC[NH+](Cc3ccccc3)CC2)c1. The molecule has 0 aromatic heterocycles. The highest BCUT2D eigenvalue weighted by atomic mass is 32.2. The zero-order chi connectivity index (χ0) is 19.8. The van der Waals surface area contributed by atoms with Crippen molar-refractivity contribution in [1.29, 1.82) is 0 Å². The second-order valence-electron chi connectivity index (χ2n) is 7.20. The number of piperazine rings is 1. The highest BCUT2D eigenvalue weighted by Gasteiger charge is 2.23. The fraction of sp³-hybridized carbons (Fsp3) is 0.364. The van der Waals surface area contributed by atoms with Crippen molar-refractivity contribution in [1.82, 2.24) is 4.90 Å². The normalized spacial score (nSPS) is 14.7. The number of nitrogens with one attached hydrogen (secondary N) is 2. The summed E-state index contributed by atoms with van der Waals surface area (Å²) in [6, 6.07) is 18.2. The number of quaternary nitrogens is 1. The predicted octanol–water partition coefficient (Wildman–Crippen LogP) is 1.59. The van der Waals surface area contributed by atoms with Crippen LogP contribution in [0.1, 0.15) is 11.1 Å². The fourth-order valence-electron chi connectivity index (χ4n) is 3.38. The van der Waals surface area contributed by atoms with E-state index in [4.69, 9.17) is 0 Å². The van der Waals surface area contributed by atoms with Crippen molar-refractivity contribution in [3.8, 4) is 0 Å². The van der Waals surface area contributed by atoms with Crippen molar-refractivity contribution in [2.75, 3.05) is 43.0 Å². The largest absolute Gasteiger partial charge is 0.331 e. The van der Waals surface area contributed by atoms with Crippen LogP contribution < -0.4 is 10.2 Å². The summed E-state index contributed by atoms with van der Waals surface area (Å²) in [5.41, 5.74) is 3.25. The number of carbonyl (C=O) groups is 2. The lowest BCUT2D eigenvalue weighted by Gasteiger charge is -2.32. The van der Waals surface area contributed by atoms with Crippen molar-refractivity contribution in [2.24, 2.45) is 0 Å². The molecular weight excluding hydrogens is 370 g/mol. The maximum Gasteiger partial charge on any atom is 0.234 e. The lowest BCUT2D eigenvalue weighted by molar-refractivity contribution is -0.917. The molecule has 0 bridgehead atoms. The van der Waals surface area contributed by atoms with Crippen LogP contribution >= 0.6 is 11.8 Å². The van der Waals surface area contributed by atoms with E-state index in [9.17, 15) is 9.59 Å². The third kappa shape index (κ3) is 6.39. The molecular formula is C22H28N3O2S+. The first-order valence-corrected chi connectivity index (χ1v) is 10.8. The van der Waals surface area contributed by atoms with Crippen molar-refractivity contribution >= 4 is 29.3 Å². The molecule has 28 heavy (non-hydrogen) atoms. The van der Waals surface area contributed by atoms with Crippen LogP contribution in [0.5, 0.6) is 0 Å². The number of rotatable bonds is 7. The Bertz CT molecular complexity index is 789. The number of nitrogens with zero attached hydrogens (tertiary/aromatic N) is 1. The molecule has 148 valence electrons. The van der Waals surface area contributed by atoms with E-state index in [1.54, 1.807) is 0 Å². The molecule has 1 saturated heterocycles. The third-order valence-electron chi connectivity index (χ3n) is 4.88. The van der Waals surface area contributed by atoms with Gasteiger partial charge in [0.1, 0.15) is 6.54 Å². The summed E-state index contributed by atoms with van der Waals surface area (Å²) in [7, 11) is 0. The van der Waals surface area contributed by atoms with Gasteiger partial charge in [-0.2, -0.15) is 0 Å². The summed E-state index contributed by atoms with van der Waals surface area (Å²) in [4.78, 5) is 27.9. The van der Waals surface area contributed by atoms with Gasteiger partial charge in [0, 0.05) is 11.3 Å². The van der Waals surface area contributed by atoms with Gasteiger partial charge in [0.15, 0.2) is 0 Å². The lowest BCUT2D eigenvalue weighted by Crippen LogP contribution is -3.13. The second-order valence-corrected chi connectivity index (χ2v) is 8.19. The number of amides is 2. The first kappa shape index (κ1) is 20.4. The minimum absolute atomic E-state index is 0.0690. The van der Waals surface area contributed by atoms with Gasteiger partial charge < -0.3 is 15.1 Å². The van der Waals surface area contributed by atoms with Crippen LogP contribution in [0.3, 0.4) is 0 Å². The van der Waals surface area contributed by atoms with E-state index in [-0.39, 0.29) is 11.8 Å². The van der Waals surface area contributed by atoms with Gasteiger partial charge in [0.2, 0.25) is 11.8 Å². The number of carbonyl (C=O) groups excluding carboxylic acids is 2. The van der Waals surface area contributed by atoms with Crippen molar-refractivity contribution in [2.45, 2.75) is 13.5 Å². The van der Waals surface area contributed by atoms with E-state index in [1.807, 2.05) is 42.2 Å². The van der Waals surface area contributed by atoms with E-state index >= 15 is 0 Å². The van der Waals surface area contributed by atoms with Crippen molar-refractivity contribution < 1.29 is 14.5 Å². The summed E-state index contributed by atoms with van der Waals surface area (Å²) in [5.74, 6) is 0.710. The summed E-state index contributed by atoms with van der Waals surface area (Å²) in [6.07, 6.45) is 0. The van der Waals surface area contributed by atoms with Gasteiger partial charge in [-0.05, 0) is 24.6 Å². The lowest BCUT2D eigenvalue weighted by atomic mass is 10.2. The average molecular weight is 399 g/mol. The molecule has 0 saturated carbocycles. The molecule has 0 spiro atoms. The van der Waals surface area contributed by atoms with Gasteiger partial charge >= 0.3 is 0 Å². The molecule has 1 heterocycles. The molecule has 2 N–H and O–H groups in total. The van der Waals surface area contributed by atoms with Crippen LogP contribution in [0.25, 0.3) is 0 Å². The monoisotopic (exact) mass is 398 g/mol. The molecule has 1 aliphatic heterocycles. The Morgan fingerprint density at radius 3 is 2.50 bits per heavy atom. The van der Waals surface area contributed by atoms with Gasteiger partial charge in [-0.15, -0.1) is 11.8 Å². The molecule has 1 fully saturated rings. The second kappa shape index (κ2) is 10.3. The van der Waals surface area contributed by atoms with E-state index in [0.29, 0.717) is 11.5 Å². The van der Waals surface area contributed by atoms with Gasteiger partial charge in [-0.3, -0.25) is 9.59 Å². The highest BCUT2D eigenvalue weighted by Crippen LogP contribution is 2.11. The number of benzene rings is 2. The Balaban J connectivity index is 1.34. The van der Waals surface area contributed by atoms with Crippen LogP contribution in [-0.2, 0) is 16.1 Å². The minimum atomic E-state index is -0.0690. The average Bonchev–Trinajstić information content (AvgIpc) is 2.69. The molecule has 1 aliphatic rings. The van der Waals surface area contributed by atoms with E-state index < -0.39 is 0 Å². The van der Waals surface area contributed by atoms with Crippen LogP contribution in [-0.4, -0.2) is 54.4 Å². The molecule has 3 rings (SSSR count). The number of aryl methyl sites for hydroxylation is 1. The van der Waals surface area contributed by atoms with Crippen LogP contribution in [0.2, 0.25) is 0 Å². The Labute approximate surface area is 171 Å². The summed E-state index contributed by atoms with van der Waals surface area (Å²) in [5, 5.41) is 2.88. The van der Waals surface area contributed by atoms with Gasteiger partial charge in [0.05, 0.1) is 37.7 Å². The zero-order valence-electron chi connectivity index (χ0n) is 16.3. The van der Waals surface area contributed by atoms with Crippen LogP contribution in [0, 0.1) is 6.92 Å². The molecule has 2 aromatic rings. The van der Waals surface area contributed by atoms with E-state index in [1.165, 1.54) is 22.2 Å². The maximum absolute atomic E-state index is 12.4. The first-order valence-electron chi connectivity index (χ1n) is 9.70. The maximum atomic E-state index is 12.4.